The van der Waals surface area contributed by atoms with Crippen molar-refractivity contribution in [1.29, 1.82) is 0 Å². The molecule has 0 spiro atoms. The summed E-state index contributed by atoms with van der Waals surface area (Å²) >= 11 is 0. The highest BCUT2D eigenvalue weighted by Crippen LogP contribution is 2.31. The number of aliphatic imine (C=N–C) groups is 1. The van der Waals surface area contributed by atoms with E-state index >= 15 is 0 Å². The molecule has 0 aliphatic carbocycles. The number of rotatable bonds is 5. The predicted octanol–water partition coefficient (Wildman–Crippen LogP) is 4.77. The number of benzene rings is 2. The molecule has 8 heteroatoms. The SMILES string of the molecule is CCC1C=Nc2ncnc(NC(C)c3nc4ccc(F)cc4c(=O)n3-c3ccccc3)c2C1. The molecule has 2 atom stereocenters. The van der Waals surface area contributed by atoms with E-state index in [0.29, 0.717) is 34.6 Å². The largest absolute Gasteiger partial charge is 0.360 e. The molecule has 0 amide bonds. The fraction of sp³-hybridized carbons (Fsp3) is 0.240. The molecule has 4 aromatic rings. The highest BCUT2D eigenvalue weighted by Gasteiger charge is 2.23. The van der Waals surface area contributed by atoms with Crippen molar-refractivity contribution in [2.24, 2.45) is 10.9 Å². The van der Waals surface area contributed by atoms with E-state index in [2.05, 4.69) is 27.2 Å². The zero-order chi connectivity index (χ0) is 22.9. The van der Waals surface area contributed by atoms with E-state index in [1.165, 1.54) is 29.1 Å². The average molecular weight is 442 g/mol. The van der Waals surface area contributed by atoms with Crippen LogP contribution in [0.2, 0.25) is 0 Å². The number of aromatic nitrogens is 4. The van der Waals surface area contributed by atoms with Crippen molar-refractivity contribution < 1.29 is 4.39 Å². The van der Waals surface area contributed by atoms with Gasteiger partial charge in [0, 0.05) is 11.8 Å². The molecule has 5 rings (SSSR count). The molecule has 7 nitrogen and oxygen atoms in total. The fourth-order valence-corrected chi connectivity index (χ4v) is 4.13. The average Bonchev–Trinajstić information content (AvgIpc) is 2.84. The van der Waals surface area contributed by atoms with Gasteiger partial charge in [0.2, 0.25) is 0 Å². The molecular formula is C25H23FN6O. The summed E-state index contributed by atoms with van der Waals surface area (Å²) in [5, 5.41) is 3.65. The molecule has 3 heterocycles. The first-order chi connectivity index (χ1) is 16.0. The van der Waals surface area contributed by atoms with Crippen LogP contribution in [0.3, 0.4) is 0 Å². The van der Waals surface area contributed by atoms with Crippen molar-refractivity contribution in [3.8, 4) is 5.69 Å². The fourth-order valence-electron chi connectivity index (χ4n) is 4.13. The van der Waals surface area contributed by atoms with Gasteiger partial charge in [-0.3, -0.25) is 9.36 Å². The van der Waals surface area contributed by atoms with Crippen molar-refractivity contribution >= 4 is 28.8 Å². The first-order valence-corrected chi connectivity index (χ1v) is 11.0. The zero-order valence-electron chi connectivity index (χ0n) is 18.4. The van der Waals surface area contributed by atoms with Gasteiger partial charge in [-0.2, -0.15) is 0 Å². The lowest BCUT2D eigenvalue weighted by atomic mass is 9.96. The Labute approximate surface area is 190 Å². The lowest BCUT2D eigenvalue weighted by molar-refractivity contribution is 0.629. The molecule has 33 heavy (non-hydrogen) atoms. The molecule has 0 fully saturated rings. The molecule has 1 N–H and O–H groups in total. The monoisotopic (exact) mass is 442 g/mol. The molecule has 0 radical (unpaired) electrons. The van der Waals surface area contributed by atoms with Gasteiger partial charge >= 0.3 is 0 Å². The summed E-state index contributed by atoms with van der Waals surface area (Å²) < 4.78 is 15.4. The summed E-state index contributed by atoms with van der Waals surface area (Å²) in [6.07, 6.45) is 5.20. The molecule has 2 aromatic carbocycles. The molecule has 2 unspecified atom stereocenters. The Morgan fingerprint density at radius 1 is 1.18 bits per heavy atom. The van der Waals surface area contributed by atoms with E-state index in [9.17, 15) is 9.18 Å². The molecular weight excluding hydrogens is 419 g/mol. The quantitative estimate of drug-likeness (QED) is 0.481. The molecule has 166 valence electrons. The van der Waals surface area contributed by atoms with Gasteiger partial charge in [-0.1, -0.05) is 25.1 Å². The van der Waals surface area contributed by atoms with E-state index in [1.54, 1.807) is 0 Å². The predicted molar refractivity (Wildman–Crippen MR) is 127 cm³/mol. The Morgan fingerprint density at radius 2 is 2.00 bits per heavy atom. The van der Waals surface area contributed by atoms with Crippen LogP contribution in [0.15, 0.2) is 64.6 Å². The van der Waals surface area contributed by atoms with Crippen LogP contribution >= 0.6 is 0 Å². The maximum atomic E-state index is 13.9. The number of hydrogen-bond donors (Lipinski definition) is 1. The number of hydrogen-bond acceptors (Lipinski definition) is 6. The summed E-state index contributed by atoms with van der Waals surface area (Å²) in [6, 6.07) is 12.9. The summed E-state index contributed by atoms with van der Waals surface area (Å²) in [6.45, 7) is 4.05. The van der Waals surface area contributed by atoms with E-state index in [4.69, 9.17) is 4.98 Å². The molecule has 0 saturated carbocycles. The third-order valence-electron chi connectivity index (χ3n) is 5.93. The maximum absolute atomic E-state index is 13.9. The Hall–Kier alpha value is -3.94. The maximum Gasteiger partial charge on any atom is 0.266 e. The second kappa shape index (κ2) is 8.54. The minimum absolute atomic E-state index is 0.231. The zero-order valence-corrected chi connectivity index (χ0v) is 18.4. The van der Waals surface area contributed by atoms with E-state index in [-0.39, 0.29) is 17.0 Å². The van der Waals surface area contributed by atoms with Crippen LogP contribution in [0.5, 0.6) is 0 Å². The van der Waals surface area contributed by atoms with Crippen LogP contribution in [-0.4, -0.2) is 25.7 Å². The van der Waals surface area contributed by atoms with Crippen LogP contribution in [0.1, 0.15) is 37.7 Å². The van der Waals surface area contributed by atoms with Crippen LogP contribution in [0.4, 0.5) is 16.0 Å². The van der Waals surface area contributed by atoms with Gasteiger partial charge in [-0.05, 0) is 56.0 Å². The van der Waals surface area contributed by atoms with E-state index in [0.717, 1.165) is 18.4 Å². The molecule has 0 saturated heterocycles. The number of halogens is 1. The van der Waals surface area contributed by atoms with E-state index < -0.39 is 5.82 Å². The van der Waals surface area contributed by atoms with E-state index in [1.807, 2.05) is 43.5 Å². The molecule has 2 aromatic heterocycles. The van der Waals surface area contributed by atoms with Gasteiger partial charge in [0.25, 0.3) is 5.56 Å². The summed E-state index contributed by atoms with van der Waals surface area (Å²) in [5.41, 5.74) is 1.73. The summed E-state index contributed by atoms with van der Waals surface area (Å²) in [4.78, 5) is 31.5. The van der Waals surface area contributed by atoms with Gasteiger partial charge in [-0.15, -0.1) is 0 Å². The first kappa shape index (κ1) is 20.9. The highest BCUT2D eigenvalue weighted by molar-refractivity contribution is 5.78. The lowest BCUT2D eigenvalue weighted by Crippen LogP contribution is -2.28. The normalized spacial score (nSPS) is 15.9. The second-order valence-corrected chi connectivity index (χ2v) is 8.15. The van der Waals surface area contributed by atoms with Crippen LogP contribution in [-0.2, 0) is 6.42 Å². The molecule has 1 aliphatic heterocycles. The second-order valence-electron chi connectivity index (χ2n) is 8.15. The third kappa shape index (κ3) is 3.88. The van der Waals surface area contributed by atoms with Gasteiger partial charge in [-0.25, -0.2) is 24.3 Å². The number of para-hydroxylation sites is 1. The highest BCUT2D eigenvalue weighted by atomic mass is 19.1. The van der Waals surface area contributed by atoms with Crippen LogP contribution in [0.25, 0.3) is 16.6 Å². The van der Waals surface area contributed by atoms with Gasteiger partial charge in [0.15, 0.2) is 5.82 Å². The summed E-state index contributed by atoms with van der Waals surface area (Å²) in [5.74, 6) is 1.70. The van der Waals surface area contributed by atoms with Crippen LogP contribution < -0.4 is 10.9 Å². The number of fused-ring (bicyclic) bond motifs is 2. The Kier molecular flexibility index (Phi) is 5.42. The van der Waals surface area contributed by atoms with Crippen molar-refractivity contribution in [3.63, 3.8) is 0 Å². The van der Waals surface area contributed by atoms with Crippen LogP contribution in [0, 0.1) is 11.7 Å². The Balaban J connectivity index is 1.63. The minimum Gasteiger partial charge on any atom is -0.360 e. The standard InChI is InChI=1S/C25H23FN6O/c1-3-16-11-20-22(27-13-16)28-14-29-23(20)30-15(2)24-31-21-10-9-17(26)12-19(21)25(33)32(24)18-7-5-4-6-8-18/h4-10,12-16H,3,11H2,1-2H3,(H,28,29,30). The van der Waals surface area contributed by atoms with Crippen molar-refractivity contribution in [2.45, 2.75) is 32.7 Å². The van der Waals surface area contributed by atoms with Gasteiger partial charge < -0.3 is 5.32 Å². The third-order valence-corrected chi connectivity index (χ3v) is 5.93. The number of nitrogens with one attached hydrogen (secondary N) is 1. The molecule has 1 aliphatic rings. The molecule has 0 bridgehead atoms. The van der Waals surface area contributed by atoms with Crippen molar-refractivity contribution in [3.05, 3.63) is 82.4 Å². The smallest absolute Gasteiger partial charge is 0.266 e. The minimum atomic E-state index is -0.474. The lowest BCUT2D eigenvalue weighted by Gasteiger charge is -2.23. The van der Waals surface area contributed by atoms with Gasteiger partial charge in [0.05, 0.1) is 22.6 Å². The number of anilines is 1. The number of nitrogens with zero attached hydrogens (tertiary/aromatic N) is 5. The van der Waals surface area contributed by atoms with Crippen molar-refractivity contribution in [1.82, 2.24) is 19.5 Å². The first-order valence-electron chi connectivity index (χ1n) is 11.0. The Bertz CT molecular complexity index is 1420. The topological polar surface area (TPSA) is 85.1 Å². The van der Waals surface area contributed by atoms with Gasteiger partial charge in [0.1, 0.15) is 23.8 Å². The van der Waals surface area contributed by atoms with Crippen molar-refractivity contribution in [2.75, 3.05) is 5.32 Å². The summed E-state index contributed by atoms with van der Waals surface area (Å²) in [7, 11) is 0. The Morgan fingerprint density at radius 3 is 2.79 bits per heavy atom.